The molecule has 18 heavy (non-hydrogen) atoms. The maximum absolute atomic E-state index is 11.8. The monoisotopic (exact) mass is 247 g/mol. The van der Waals surface area contributed by atoms with E-state index in [9.17, 15) is 14.4 Å². The standard InChI is InChI=1S/C13H13NO4/c1-2-3-10(15)13(17)8-4-5-11-9(6-8)14-12(16)7-18-11/h4-6H,2-3,7H2,1H3,(H,14,16). The fourth-order valence-electron chi connectivity index (χ4n) is 1.73. The van der Waals surface area contributed by atoms with Crippen LogP contribution in [0.1, 0.15) is 30.1 Å². The molecule has 5 heteroatoms. The third-order valence-corrected chi connectivity index (χ3v) is 2.60. The van der Waals surface area contributed by atoms with Crippen LogP contribution in [0, 0.1) is 0 Å². The number of anilines is 1. The SMILES string of the molecule is CCCC(=O)C(=O)c1ccc2c(c1)NC(=O)CO2. The lowest BCUT2D eigenvalue weighted by molar-refractivity contribution is -0.118. The van der Waals surface area contributed by atoms with Crippen LogP contribution in [0.15, 0.2) is 18.2 Å². The number of fused-ring (bicyclic) bond motifs is 1. The molecule has 0 spiro atoms. The van der Waals surface area contributed by atoms with Crippen molar-refractivity contribution in [3.8, 4) is 5.75 Å². The van der Waals surface area contributed by atoms with E-state index >= 15 is 0 Å². The summed E-state index contributed by atoms with van der Waals surface area (Å²) in [6, 6.07) is 4.59. The van der Waals surface area contributed by atoms with Gasteiger partial charge in [0.05, 0.1) is 5.69 Å². The quantitative estimate of drug-likeness (QED) is 0.647. The average Bonchev–Trinajstić information content (AvgIpc) is 2.37. The largest absolute Gasteiger partial charge is 0.482 e. The first-order valence-electron chi connectivity index (χ1n) is 5.76. The van der Waals surface area contributed by atoms with Crippen molar-refractivity contribution in [1.82, 2.24) is 0 Å². The first kappa shape index (κ1) is 12.3. The Hall–Kier alpha value is -2.17. The average molecular weight is 247 g/mol. The summed E-state index contributed by atoms with van der Waals surface area (Å²) in [6.45, 7) is 1.81. The van der Waals surface area contributed by atoms with E-state index in [0.29, 0.717) is 17.9 Å². The molecule has 1 amide bonds. The van der Waals surface area contributed by atoms with E-state index in [2.05, 4.69) is 5.32 Å². The molecule has 2 rings (SSSR count). The summed E-state index contributed by atoms with van der Waals surface area (Å²) in [5.41, 5.74) is 0.708. The normalized spacial score (nSPS) is 13.3. The second-order valence-corrected chi connectivity index (χ2v) is 4.05. The predicted octanol–water partition coefficient (Wildman–Crippen LogP) is 1.57. The molecule has 1 aromatic carbocycles. The third-order valence-electron chi connectivity index (χ3n) is 2.60. The molecule has 1 aromatic rings. The van der Waals surface area contributed by atoms with Crippen molar-refractivity contribution in [2.24, 2.45) is 0 Å². The van der Waals surface area contributed by atoms with E-state index in [1.54, 1.807) is 6.07 Å². The number of carbonyl (C=O) groups is 3. The molecule has 1 N–H and O–H groups in total. The molecule has 1 aliphatic heterocycles. The van der Waals surface area contributed by atoms with Gasteiger partial charge in [0.1, 0.15) is 5.75 Å². The van der Waals surface area contributed by atoms with Gasteiger partial charge in [-0.3, -0.25) is 14.4 Å². The summed E-state index contributed by atoms with van der Waals surface area (Å²) in [5.74, 6) is -0.707. The van der Waals surface area contributed by atoms with Crippen molar-refractivity contribution >= 4 is 23.2 Å². The Balaban J connectivity index is 2.25. The Kier molecular flexibility index (Phi) is 3.41. The summed E-state index contributed by atoms with van der Waals surface area (Å²) in [5, 5.41) is 2.60. The summed E-state index contributed by atoms with van der Waals surface area (Å²) in [4.78, 5) is 34.5. The summed E-state index contributed by atoms with van der Waals surface area (Å²) < 4.78 is 5.17. The van der Waals surface area contributed by atoms with Crippen LogP contribution in [-0.2, 0) is 9.59 Å². The van der Waals surface area contributed by atoms with Crippen molar-refractivity contribution in [1.29, 1.82) is 0 Å². The van der Waals surface area contributed by atoms with Gasteiger partial charge in [-0.2, -0.15) is 0 Å². The van der Waals surface area contributed by atoms with Gasteiger partial charge < -0.3 is 10.1 Å². The molecule has 94 valence electrons. The second-order valence-electron chi connectivity index (χ2n) is 4.05. The molecule has 0 saturated heterocycles. The number of hydrogen-bond donors (Lipinski definition) is 1. The van der Waals surface area contributed by atoms with E-state index in [1.165, 1.54) is 12.1 Å². The molecular weight excluding hydrogens is 234 g/mol. The molecule has 1 aliphatic rings. The molecule has 0 bridgehead atoms. The Morgan fingerprint density at radius 2 is 2.17 bits per heavy atom. The summed E-state index contributed by atoms with van der Waals surface area (Å²) in [7, 11) is 0. The van der Waals surface area contributed by atoms with Crippen LogP contribution in [0.2, 0.25) is 0 Å². The van der Waals surface area contributed by atoms with Gasteiger partial charge >= 0.3 is 0 Å². The Morgan fingerprint density at radius 1 is 1.39 bits per heavy atom. The van der Waals surface area contributed by atoms with Gasteiger partial charge in [-0.05, 0) is 24.6 Å². The highest BCUT2D eigenvalue weighted by molar-refractivity contribution is 6.43. The Morgan fingerprint density at radius 3 is 2.89 bits per heavy atom. The zero-order valence-corrected chi connectivity index (χ0v) is 9.99. The van der Waals surface area contributed by atoms with Crippen LogP contribution in [0.25, 0.3) is 0 Å². The van der Waals surface area contributed by atoms with Crippen LogP contribution >= 0.6 is 0 Å². The topological polar surface area (TPSA) is 72.5 Å². The van der Waals surface area contributed by atoms with Gasteiger partial charge in [0.15, 0.2) is 6.61 Å². The number of hydrogen-bond acceptors (Lipinski definition) is 4. The zero-order chi connectivity index (χ0) is 13.1. The van der Waals surface area contributed by atoms with E-state index in [-0.39, 0.29) is 24.5 Å². The van der Waals surface area contributed by atoms with Crippen LogP contribution in [0.3, 0.4) is 0 Å². The van der Waals surface area contributed by atoms with Gasteiger partial charge in [0, 0.05) is 12.0 Å². The minimum absolute atomic E-state index is 0.0327. The number of ether oxygens (including phenoxy) is 1. The molecule has 0 atom stereocenters. The number of Topliss-reactive ketones (excluding diaryl/α,β-unsaturated/α-hetero) is 2. The van der Waals surface area contributed by atoms with Gasteiger partial charge in [0.25, 0.3) is 5.91 Å². The maximum Gasteiger partial charge on any atom is 0.262 e. The molecule has 0 radical (unpaired) electrons. The summed E-state index contributed by atoms with van der Waals surface area (Å²) in [6.07, 6.45) is 0.869. The first-order valence-corrected chi connectivity index (χ1v) is 5.76. The van der Waals surface area contributed by atoms with Crippen LogP contribution in [-0.4, -0.2) is 24.1 Å². The van der Waals surface area contributed by atoms with Crippen molar-refractivity contribution in [2.75, 3.05) is 11.9 Å². The lowest BCUT2D eigenvalue weighted by Crippen LogP contribution is -2.25. The Bertz CT molecular complexity index is 522. The minimum Gasteiger partial charge on any atom is -0.482 e. The molecule has 0 aromatic heterocycles. The highest BCUT2D eigenvalue weighted by atomic mass is 16.5. The lowest BCUT2D eigenvalue weighted by Gasteiger charge is -2.18. The molecule has 0 aliphatic carbocycles. The van der Waals surface area contributed by atoms with Gasteiger partial charge in [-0.25, -0.2) is 0 Å². The van der Waals surface area contributed by atoms with Crippen molar-refractivity contribution in [2.45, 2.75) is 19.8 Å². The van der Waals surface area contributed by atoms with Gasteiger partial charge in [0.2, 0.25) is 11.6 Å². The fraction of sp³-hybridized carbons (Fsp3) is 0.308. The molecule has 0 unspecified atom stereocenters. The van der Waals surface area contributed by atoms with Crippen molar-refractivity contribution < 1.29 is 19.1 Å². The van der Waals surface area contributed by atoms with Crippen LogP contribution < -0.4 is 10.1 Å². The van der Waals surface area contributed by atoms with E-state index in [0.717, 1.165) is 0 Å². The number of ketones is 2. The molecule has 5 nitrogen and oxygen atoms in total. The van der Waals surface area contributed by atoms with Crippen LogP contribution in [0.4, 0.5) is 5.69 Å². The maximum atomic E-state index is 11.8. The van der Waals surface area contributed by atoms with Crippen LogP contribution in [0.5, 0.6) is 5.75 Å². The lowest BCUT2D eigenvalue weighted by atomic mass is 10.0. The second kappa shape index (κ2) is 5.00. The molecule has 0 fully saturated rings. The van der Waals surface area contributed by atoms with E-state index < -0.39 is 11.6 Å². The van der Waals surface area contributed by atoms with Crippen molar-refractivity contribution in [3.05, 3.63) is 23.8 Å². The molecule has 0 saturated carbocycles. The fourth-order valence-corrected chi connectivity index (χ4v) is 1.73. The number of benzene rings is 1. The summed E-state index contributed by atoms with van der Waals surface area (Å²) >= 11 is 0. The van der Waals surface area contributed by atoms with E-state index in [4.69, 9.17) is 4.74 Å². The van der Waals surface area contributed by atoms with Gasteiger partial charge in [-0.1, -0.05) is 6.92 Å². The minimum atomic E-state index is -0.528. The highest BCUT2D eigenvalue weighted by Crippen LogP contribution is 2.28. The van der Waals surface area contributed by atoms with E-state index in [1.807, 2.05) is 6.92 Å². The molecular formula is C13H13NO4. The van der Waals surface area contributed by atoms with Crippen molar-refractivity contribution in [3.63, 3.8) is 0 Å². The predicted molar refractivity (Wildman–Crippen MR) is 64.8 cm³/mol. The highest BCUT2D eigenvalue weighted by Gasteiger charge is 2.20. The number of rotatable bonds is 4. The molecule has 1 heterocycles. The van der Waals surface area contributed by atoms with Gasteiger partial charge in [-0.15, -0.1) is 0 Å². The number of nitrogens with one attached hydrogen (secondary N) is 1. The Labute approximate surface area is 104 Å². The smallest absolute Gasteiger partial charge is 0.262 e. The third kappa shape index (κ3) is 2.40. The zero-order valence-electron chi connectivity index (χ0n) is 9.99. The first-order chi connectivity index (χ1) is 8.61. The number of amides is 1. The number of carbonyl (C=O) groups excluding carboxylic acids is 3.